The summed E-state index contributed by atoms with van der Waals surface area (Å²) >= 11 is 10.8. The van der Waals surface area contributed by atoms with Crippen LogP contribution in [0, 0.1) is 5.92 Å². The number of rotatable bonds is 4. The normalized spacial score (nSPS) is 13.7. The molecule has 0 spiro atoms. The molecule has 9 heteroatoms. The predicted molar refractivity (Wildman–Crippen MR) is 124 cm³/mol. The van der Waals surface area contributed by atoms with Gasteiger partial charge in [-0.3, -0.25) is 30.6 Å². The number of nitrogens with one attached hydrogen (secondary N) is 4. The Morgan fingerprint density at radius 3 is 2.03 bits per heavy atom. The van der Waals surface area contributed by atoms with Crippen molar-refractivity contribution in [2.45, 2.75) is 32.1 Å². The van der Waals surface area contributed by atoms with Gasteiger partial charge in [0.2, 0.25) is 5.91 Å². The molecule has 0 heterocycles. The number of hydrazine groups is 1. The highest BCUT2D eigenvalue weighted by Crippen LogP contribution is 2.25. The van der Waals surface area contributed by atoms with Gasteiger partial charge in [-0.25, -0.2) is 0 Å². The molecule has 1 aliphatic rings. The van der Waals surface area contributed by atoms with Crippen molar-refractivity contribution >= 4 is 52.3 Å². The third-order valence-corrected chi connectivity index (χ3v) is 5.47. The van der Waals surface area contributed by atoms with Gasteiger partial charge in [0.25, 0.3) is 11.8 Å². The minimum atomic E-state index is -0.437. The molecule has 1 saturated carbocycles. The van der Waals surface area contributed by atoms with Crippen molar-refractivity contribution in [2.75, 3.05) is 5.32 Å². The van der Waals surface area contributed by atoms with Gasteiger partial charge in [-0.15, -0.1) is 0 Å². The largest absolute Gasteiger partial charge is 0.326 e. The Morgan fingerprint density at radius 1 is 0.806 bits per heavy atom. The van der Waals surface area contributed by atoms with Gasteiger partial charge in [0, 0.05) is 27.8 Å². The third-order valence-electron chi connectivity index (χ3n) is 5.01. The summed E-state index contributed by atoms with van der Waals surface area (Å²) in [4.78, 5) is 36.7. The quantitative estimate of drug-likeness (QED) is 0.412. The molecule has 7 nitrogen and oxygen atoms in total. The Balaban J connectivity index is 1.45. The molecule has 0 unspecified atom stereocenters. The van der Waals surface area contributed by atoms with E-state index in [2.05, 4.69) is 21.5 Å². The molecular formula is C22H23ClN4O3S. The summed E-state index contributed by atoms with van der Waals surface area (Å²) in [6, 6.07) is 12.9. The second-order valence-corrected chi connectivity index (χ2v) is 8.12. The van der Waals surface area contributed by atoms with Crippen LogP contribution in [0.4, 0.5) is 5.69 Å². The minimum absolute atomic E-state index is 0.0281. The molecule has 0 radical (unpaired) electrons. The second kappa shape index (κ2) is 10.9. The molecule has 0 atom stereocenters. The molecule has 3 amide bonds. The summed E-state index contributed by atoms with van der Waals surface area (Å²) in [5.41, 5.74) is 6.31. The van der Waals surface area contributed by atoms with Crippen molar-refractivity contribution in [3.8, 4) is 0 Å². The van der Waals surface area contributed by atoms with E-state index >= 15 is 0 Å². The van der Waals surface area contributed by atoms with Crippen molar-refractivity contribution in [3.63, 3.8) is 0 Å². The van der Waals surface area contributed by atoms with Crippen molar-refractivity contribution < 1.29 is 14.4 Å². The second-order valence-electron chi connectivity index (χ2n) is 7.27. The fraction of sp³-hybridized carbons (Fsp3) is 0.273. The lowest BCUT2D eigenvalue weighted by molar-refractivity contribution is -0.120. The average Bonchev–Trinajstić information content (AvgIpc) is 2.79. The predicted octanol–water partition coefficient (Wildman–Crippen LogP) is 3.81. The van der Waals surface area contributed by atoms with Gasteiger partial charge in [0.05, 0.1) is 0 Å². The minimum Gasteiger partial charge on any atom is -0.326 e. The fourth-order valence-electron chi connectivity index (χ4n) is 3.31. The maximum absolute atomic E-state index is 12.3. The summed E-state index contributed by atoms with van der Waals surface area (Å²) in [6.07, 6.45) is 5.22. The van der Waals surface area contributed by atoms with Crippen LogP contribution in [-0.2, 0) is 4.79 Å². The number of anilines is 1. The number of carbonyl (C=O) groups is 3. The van der Waals surface area contributed by atoms with Crippen LogP contribution in [0.25, 0.3) is 0 Å². The Hall–Kier alpha value is -2.97. The molecule has 1 aliphatic carbocycles. The number of hydrogen-bond acceptors (Lipinski definition) is 4. The summed E-state index contributed by atoms with van der Waals surface area (Å²) in [7, 11) is 0. The average molecular weight is 459 g/mol. The fourth-order valence-corrected chi connectivity index (χ4v) is 3.58. The Bertz CT molecular complexity index is 958. The first-order chi connectivity index (χ1) is 14.9. The number of benzene rings is 2. The summed E-state index contributed by atoms with van der Waals surface area (Å²) in [5, 5.41) is 5.83. The molecule has 0 aliphatic heterocycles. The van der Waals surface area contributed by atoms with Crippen molar-refractivity contribution in [1.29, 1.82) is 0 Å². The molecule has 0 bridgehead atoms. The van der Waals surface area contributed by atoms with E-state index in [1.807, 2.05) is 0 Å². The van der Waals surface area contributed by atoms with E-state index in [0.717, 1.165) is 25.7 Å². The molecule has 162 valence electrons. The summed E-state index contributed by atoms with van der Waals surface area (Å²) in [6.45, 7) is 0. The number of carbonyl (C=O) groups excluding carboxylic acids is 3. The molecule has 4 N–H and O–H groups in total. The van der Waals surface area contributed by atoms with Crippen molar-refractivity contribution in [1.82, 2.24) is 16.2 Å². The first-order valence-electron chi connectivity index (χ1n) is 10.0. The third kappa shape index (κ3) is 6.77. The van der Waals surface area contributed by atoms with Crippen molar-refractivity contribution in [2.24, 2.45) is 5.92 Å². The Labute approximate surface area is 190 Å². The maximum atomic E-state index is 12.3. The molecule has 0 saturated heterocycles. The number of hydrogen-bond donors (Lipinski definition) is 4. The van der Waals surface area contributed by atoms with Gasteiger partial charge in [-0.05, 0) is 73.6 Å². The van der Waals surface area contributed by atoms with E-state index in [1.165, 1.54) is 6.42 Å². The van der Waals surface area contributed by atoms with Gasteiger partial charge < -0.3 is 5.32 Å². The van der Waals surface area contributed by atoms with Crippen LogP contribution >= 0.6 is 23.8 Å². The topological polar surface area (TPSA) is 99.3 Å². The van der Waals surface area contributed by atoms with Crippen LogP contribution in [0.1, 0.15) is 52.8 Å². The first-order valence-corrected chi connectivity index (χ1v) is 10.8. The smallest absolute Gasteiger partial charge is 0.269 e. The van der Waals surface area contributed by atoms with Gasteiger partial charge in [0.1, 0.15) is 0 Å². The van der Waals surface area contributed by atoms with Gasteiger partial charge in [0.15, 0.2) is 5.11 Å². The van der Waals surface area contributed by atoms with E-state index in [1.54, 1.807) is 48.5 Å². The molecule has 2 aromatic carbocycles. The van der Waals surface area contributed by atoms with Crippen LogP contribution in [0.5, 0.6) is 0 Å². The molecule has 0 aromatic heterocycles. The van der Waals surface area contributed by atoms with Gasteiger partial charge >= 0.3 is 0 Å². The Morgan fingerprint density at radius 2 is 1.39 bits per heavy atom. The van der Waals surface area contributed by atoms with Crippen LogP contribution in [0.2, 0.25) is 5.02 Å². The molecule has 3 rings (SSSR count). The number of halogens is 1. The van der Waals surface area contributed by atoms with E-state index in [0.29, 0.717) is 21.8 Å². The van der Waals surface area contributed by atoms with Crippen LogP contribution < -0.4 is 21.5 Å². The van der Waals surface area contributed by atoms with Crippen LogP contribution in [-0.4, -0.2) is 22.8 Å². The lowest BCUT2D eigenvalue weighted by Gasteiger charge is -2.20. The van der Waals surface area contributed by atoms with E-state index in [4.69, 9.17) is 23.8 Å². The molecule has 1 fully saturated rings. The van der Waals surface area contributed by atoms with Crippen molar-refractivity contribution in [3.05, 3.63) is 64.7 Å². The van der Waals surface area contributed by atoms with Gasteiger partial charge in [-0.1, -0.05) is 30.9 Å². The van der Waals surface area contributed by atoms with Crippen LogP contribution in [0.15, 0.2) is 48.5 Å². The maximum Gasteiger partial charge on any atom is 0.269 e. The highest BCUT2D eigenvalue weighted by atomic mass is 35.5. The highest BCUT2D eigenvalue weighted by molar-refractivity contribution is 7.80. The van der Waals surface area contributed by atoms with E-state index in [9.17, 15) is 14.4 Å². The van der Waals surface area contributed by atoms with E-state index < -0.39 is 11.8 Å². The van der Waals surface area contributed by atoms with E-state index in [-0.39, 0.29) is 16.9 Å². The SMILES string of the molecule is O=C(NNC(=S)NC(=O)c1ccc(Cl)cc1)c1ccc(NC(=O)C2CCCCC2)cc1. The first kappa shape index (κ1) is 22.7. The number of amides is 3. The lowest BCUT2D eigenvalue weighted by Crippen LogP contribution is -2.48. The summed E-state index contributed by atoms with van der Waals surface area (Å²) in [5.74, 6) is -0.778. The van der Waals surface area contributed by atoms with Gasteiger partial charge in [-0.2, -0.15) is 0 Å². The summed E-state index contributed by atoms with van der Waals surface area (Å²) < 4.78 is 0. The molecular weight excluding hydrogens is 436 g/mol. The zero-order chi connectivity index (χ0) is 22.2. The lowest BCUT2D eigenvalue weighted by atomic mass is 9.88. The van der Waals surface area contributed by atoms with Crippen LogP contribution in [0.3, 0.4) is 0 Å². The number of thiocarbonyl (C=S) groups is 1. The monoisotopic (exact) mass is 458 g/mol. The highest BCUT2D eigenvalue weighted by Gasteiger charge is 2.21. The molecule has 31 heavy (non-hydrogen) atoms. The zero-order valence-corrected chi connectivity index (χ0v) is 18.3. The Kier molecular flexibility index (Phi) is 7.97. The standard InChI is InChI=1S/C22H23ClN4O3S/c23-17-10-6-15(7-11-17)20(29)25-22(31)27-26-21(30)16-8-12-18(13-9-16)24-19(28)14-4-2-1-3-5-14/h6-14H,1-5H2,(H,24,28)(H,26,30)(H2,25,27,29,31). The zero-order valence-electron chi connectivity index (χ0n) is 16.7. The molecule has 2 aromatic rings.